The Kier molecular flexibility index (Phi) is 5.24. The number of halogens is 4. The number of hydrogen-bond acceptors (Lipinski definition) is 2. The summed E-state index contributed by atoms with van der Waals surface area (Å²) in [7, 11) is 0. The molecule has 1 aliphatic heterocycles. The summed E-state index contributed by atoms with van der Waals surface area (Å²) in [6.45, 7) is 5.80. The lowest BCUT2D eigenvalue weighted by Crippen LogP contribution is -2.43. The smallest absolute Gasteiger partial charge is 0.305 e. The molecule has 134 valence electrons. The number of rotatable bonds is 2. The number of anilines is 1. The van der Waals surface area contributed by atoms with Gasteiger partial charge < -0.3 is 4.90 Å². The summed E-state index contributed by atoms with van der Waals surface area (Å²) in [5.41, 5.74) is 0.323. The van der Waals surface area contributed by atoms with Crippen molar-refractivity contribution in [3.63, 3.8) is 0 Å². The fourth-order valence-corrected chi connectivity index (χ4v) is 3.04. The van der Waals surface area contributed by atoms with E-state index in [1.165, 1.54) is 17.0 Å². The summed E-state index contributed by atoms with van der Waals surface area (Å²) in [6, 6.07) is 3.16. The quantitative estimate of drug-likeness (QED) is 0.756. The van der Waals surface area contributed by atoms with E-state index in [0.29, 0.717) is 16.9 Å². The van der Waals surface area contributed by atoms with Crippen molar-refractivity contribution in [2.24, 2.45) is 0 Å². The van der Waals surface area contributed by atoms with Gasteiger partial charge in [-0.05, 0) is 25.1 Å². The van der Waals surface area contributed by atoms with Gasteiger partial charge in [0, 0.05) is 17.8 Å². The van der Waals surface area contributed by atoms with Crippen LogP contribution in [0, 0.1) is 0 Å². The fraction of sp³-hybridized carbons (Fsp3) is 0.250. The van der Waals surface area contributed by atoms with Crippen molar-refractivity contribution >= 4 is 42.8 Å². The van der Waals surface area contributed by atoms with Gasteiger partial charge >= 0.3 is 6.18 Å². The van der Waals surface area contributed by atoms with E-state index in [1.807, 2.05) is 6.92 Å². The van der Waals surface area contributed by atoms with E-state index >= 15 is 0 Å². The predicted octanol–water partition coefficient (Wildman–Crippen LogP) is 4.53. The summed E-state index contributed by atoms with van der Waals surface area (Å²) < 4.78 is 40.1. The van der Waals surface area contributed by atoms with Crippen molar-refractivity contribution in [2.45, 2.75) is 19.1 Å². The van der Waals surface area contributed by atoms with Gasteiger partial charge in [0.2, 0.25) is 0 Å². The van der Waals surface area contributed by atoms with E-state index in [1.54, 1.807) is 10.9 Å². The van der Waals surface area contributed by atoms with Crippen LogP contribution < -0.4 is 4.90 Å². The second-order valence-corrected chi connectivity index (χ2v) is 5.93. The van der Waals surface area contributed by atoms with Gasteiger partial charge in [0.05, 0.1) is 22.8 Å². The van der Waals surface area contributed by atoms with E-state index in [4.69, 9.17) is 11.6 Å². The highest BCUT2D eigenvalue weighted by molar-refractivity contribution is 7.59. The second kappa shape index (κ2) is 6.76. The third-order valence-electron chi connectivity index (χ3n) is 3.93. The minimum Gasteiger partial charge on any atom is -0.305 e. The van der Waals surface area contributed by atoms with Crippen LogP contribution in [-0.2, 0) is 6.18 Å². The highest BCUT2D eigenvalue weighted by Gasteiger charge is 2.36. The summed E-state index contributed by atoms with van der Waals surface area (Å²) >= 11 is 5.76. The minimum atomic E-state index is -4.54. The first-order valence-corrected chi connectivity index (χ1v) is 7.50. The average molecular weight is 390 g/mol. The molecule has 0 aliphatic carbocycles. The lowest BCUT2D eigenvalue weighted by Gasteiger charge is -2.32. The molecular formula is C16H15ClF3N3OS. The Morgan fingerprint density at radius 2 is 2.08 bits per heavy atom. The molecule has 0 saturated carbocycles. The van der Waals surface area contributed by atoms with Crippen molar-refractivity contribution < 1.29 is 18.0 Å². The third-order valence-corrected chi connectivity index (χ3v) is 4.24. The van der Waals surface area contributed by atoms with Crippen LogP contribution in [0.15, 0.2) is 31.0 Å². The molecule has 0 saturated heterocycles. The molecule has 2 aromatic rings. The highest BCUT2D eigenvalue weighted by atomic mass is 35.5. The van der Waals surface area contributed by atoms with Crippen molar-refractivity contribution in [1.82, 2.24) is 9.78 Å². The van der Waals surface area contributed by atoms with E-state index < -0.39 is 16.8 Å². The molecule has 9 heteroatoms. The molecule has 25 heavy (non-hydrogen) atoms. The number of carbonyl (C=O) groups excluding carboxylic acids is 1. The molecule has 1 atom stereocenters. The lowest BCUT2D eigenvalue weighted by atomic mass is 10.1. The first-order valence-electron chi connectivity index (χ1n) is 7.12. The zero-order chi connectivity index (χ0) is 17.6. The zero-order valence-electron chi connectivity index (χ0n) is 13.1. The summed E-state index contributed by atoms with van der Waals surface area (Å²) in [6.07, 6.45) is -1.48. The molecule has 1 aliphatic rings. The zero-order valence-corrected chi connectivity index (χ0v) is 14.9. The van der Waals surface area contributed by atoms with Crippen molar-refractivity contribution in [1.29, 1.82) is 0 Å². The van der Waals surface area contributed by atoms with Crippen LogP contribution >= 0.6 is 25.1 Å². The number of fused-ring (bicyclic) bond motifs is 1. The van der Waals surface area contributed by atoms with Gasteiger partial charge in [-0.25, -0.2) is 0 Å². The Labute approximate surface area is 154 Å². The summed E-state index contributed by atoms with van der Waals surface area (Å²) in [5.74, 6) is -0.351. The Bertz CT molecular complexity index is 835. The van der Waals surface area contributed by atoms with Crippen LogP contribution in [0.1, 0.15) is 34.6 Å². The molecule has 2 heterocycles. The molecule has 4 nitrogen and oxygen atoms in total. The molecule has 0 N–H and O–H groups in total. The Balaban J connectivity index is 0.00000225. The molecule has 3 rings (SSSR count). The van der Waals surface area contributed by atoms with Crippen LogP contribution in [0.3, 0.4) is 0 Å². The van der Waals surface area contributed by atoms with Crippen molar-refractivity contribution in [2.75, 3.05) is 11.4 Å². The molecule has 0 unspecified atom stereocenters. The van der Waals surface area contributed by atoms with Crippen LogP contribution in [0.25, 0.3) is 6.08 Å². The van der Waals surface area contributed by atoms with Gasteiger partial charge in [0.25, 0.3) is 5.91 Å². The molecule has 1 aromatic carbocycles. The summed E-state index contributed by atoms with van der Waals surface area (Å²) in [4.78, 5) is 14.2. The normalized spacial score (nSPS) is 17.1. The van der Waals surface area contributed by atoms with Gasteiger partial charge in [-0.3, -0.25) is 9.48 Å². The van der Waals surface area contributed by atoms with Crippen LogP contribution in [-0.4, -0.2) is 22.2 Å². The third kappa shape index (κ3) is 3.28. The number of nitrogens with zero attached hydrogens (tertiary/aromatic N) is 3. The monoisotopic (exact) mass is 389 g/mol. The summed E-state index contributed by atoms with van der Waals surface area (Å²) in [5, 5.41) is 3.73. The van der Waals surface area contributed by atoms with E-state index in [-0.39, 0.29) is 32.0 Å². The van der Waals surface area contributed by atoms with Crippen molar-refractivity contribution in [3.8, 4) is 0 Å². The molecule has 0 spiro atoms. The Hall–Kier alpha value is -1.93. The molecule has 0 fully saturated rings. The largest absolute Gasteiger partial charge is 0.417 e. The predicted molar refractivity (Wildman–Crippen MR) is 95.5 cm³/mol. The number of hydrogen-bond donors (Lipinski definition) is 0. The maximum atomic E-state index is 12.8. The van der Waals surface area contributed by atoms with E-state index in [0.717, 1.165) is 12.1 Å². The van der Waals surface area contributed by atoms with Gasteiger partial charge in [0.15, 0.2) is 0 Å². The number of alkyl halides is 3. The number of amides is 1. The average Bonchev–Trinajstić information content (AvgIpc) is 2.94. The Morgan fingerprint density at radius 3 is 2.64 bits per heavy atom. The van der Waals surface area contributed by atoms with Gasteiger partial charge in [-0.15, -0.1) is 0 Å². The lowest BCUT2D eigenvalue weighted by molar-refractivity contribution is -0.137. The van der Waals surface area contributed by atoms with Crippen LogP contribution in [0.5, 0.6) is 0 Å². The Morgan fingerprint density at radius 1 is 1.40 bits per heavy atom. The molecular weight excluding hydrogens is 375 g/mol. The van der Waals surface area contributed by atoms with Gasteiger partial charge in [-0.2, -0.15) is 31.8 Å². The molecule has 1 amide bonds. The standard InChI is InChI=1S/C16H13ClF3N3O.H2S/c1-3-10-7-21-23-9(2)8-22(15(24)14(10)23)11-4-5-12(13(17)6-11)16(18,19)20;/h3-7,9H,1,8H2,2H3;1H2/t9-;/m0./s1. The second-order valence-electron chi connectivity index (χ2n) is 5.52. The highest BCUT2D eigenvalue weighted by Crippen LogP contribution is 2.37. The van der Waals surface area contributed by atoms with Gasteiger partial charge in [-0.1, -0.05) is 24.3 Å². The van der Waals surface area contributed by atoms with E-state index in [2.05, 4.69) is 11.7 Å². The maximum absolute atomic E-state index is 12.8. The van der Waals surface area contributed by atoms with Gasteiger partial charge in [0.1, 0.15) is 5.69 Å². The number of benzene rings is 1. The fourth-order valence-electron chi connectivity index (χ4n) is 2.76. The maximum Gasteiger partial charge on any atom is 0.417 e. The van der Waals surface area contributed by atoms with Crippen LogP contribution in [0.2, 0.25) is 5.02 Å². The minimum absolute atomic E-state index is 0. The first kappa shape index (κ1) is 19.4. The van der Waals surface area contributed by atoms with E-state index in [9.17, 15) is 18.0 Å². The molecule has 0 bridgehead atoms. The topological polar surface area (TPSA) is 38.1 Å². The molecule has 0 radical (unpaired) electrons. The number of aromatic nitrogens is 2. The molecule has 1 aromatic heterocycles. The van der Waals surface area contributed by atoms with Crippen LogP contribution in [0.4, 0.5) is 18.9 Å². The van der Waals surface area contributed by atoms with Crippen molar-refractivity contribution in [3.05, 3.63) is 52.8 Å². The first-order chi connectivity index (χ1) is 11.2. The number of carbonyl (C=O) groups is 1. The SMILES string of the molecule is C=Cc1cnn2c1C(=O)N(c1ccc(C(F)(F)F)c(Cl)c1)C[C@@H]2C.S.